The van der Waals surface area contributed by atoms with Crippen molar-refractivity contribution >= 4 is 39.3 Å². The van der Waals surface area contributed by atoms with Crippen molar-refractivity contribution in [3.8, 4) is 5.75 Å². The van der Waals surface area contributed by atoms with E-state index in [4.69, 9.17) is 16.3 Å². The number of benzene rings is 1. The summed E-state index contributed by atoms with van der Waals surface area (Å²) in [6, 6.07) is 4.46. The molecule has 1 aromatic rings. The van der Waals surface area contributed by atoms with Gasteiger partial charge in [-0.2, -0.15) is 0 Å². The van der Waals surface area contributed by atoms with Gasteiger partial charge in [0.25, 0.3) is 5.91 Å². The van der Waals surface area contributed by atoms with E-state index in [1.807, 2.05) is 13.8 Å². The summed E-state index contributed by atoms with van der Waals surface area (Å²) in [7, 11) is 3.32. The lowest BCUT2D eigenvalue weighted by Crippen LogP contribution is -2.52. The second kappa shape index (κ2) is 8.55. The van der Waals surface area contributed by atoms with Crippen molar-refractivity contribution < 1.29 is 14.3 Å². The molecule has 0 fully saturated rings. The first-order valence-electron chi connectivity index (χ1n) is 7.26. The molecule has 0 bridgehead atoms. The molecular formula is C16H22BrClN2O3. The molecule has 5 nitrogen and oxygen atoms in total. The van der Waals surface area contributed by atoms with Crippen LogP contribution >= 0.6 is 27.5 Å². The summed E-state index contributed by atoms with van der Waals surface area (Å²) in [6.45, 7) is 5.40. The Morgan fingerprint density at radius 2 is 1.87 bits per heavy atom. The maximum atomic E-state index is 12.3. The molecule has 0 heterocycles. The van der Waals surface area contributed by atoms with Crippen LogP contribution < -0.4 is 10.1 Å². The van der Waals surface area contributed by atoms with E-state index in [0.717, 1.165) is 0 Å². The second-order valence-electron chi connectivity index (χ2n) is 5.80. The van der Waals surface area contributed by atoms with Gasteiger partial charge in [-0.15, -0.1) is 0 Å². The van der Waals surface area contributed by atoms with Gasteiger partial charge in [0.15, 0.2) is 6.10 Å². The molecule has 0 radical (unpaired) electrons. The molecular weight excluding hydrogens is 384 g/mol. The maximum absolute atomic E-state index is 12.3. The number of amides is 2. The molecule has 1 rings (SSSR count). The zero-order valence-electron chi connectivity index (χ0n) is 13.9. The zero-order valence-corrected chi connectivity index (χ0v) is 16.2. The number of ether oxygens (including phenoxy) is 1. The Hall–Kier alpha value is -1.27. The molecule has 23 heavy (non-hydrogen) atoms. The van der Waals surface area contributed by atoms with Crippen molar-refractivity contribution in [3.05, 3.63) is 27.7 Å². The van der Waals surface area contributed by atoms with Gasteiger partial charge in [-0.3, -0.25) is 9.59 Å². The van der Waals surface area contributed by atoms with Gasteiger partial charge in [0, 0.05) is 19.1 Å². The highest BCUT2D eigenvalue weighted by atomic mass is 79.9. The zero-order chi connectivity index (χ0) is 17.7. The molecule has 0 saturated heterocycles. The summed E-state index contributed by atoms with van der Waals surface area (Å²) < 4.78 is 6.30. The van der Waals surface area contributed by atoms with Crippen molar-refractivity contribution in [3.63, 3.8) is 0 Å². The molecule has 0 spiro atoms. The fourth-order valence-electron chi connectivity index (χ4n) is 1.88. The Kier molecular flexibility index (Phi) is 7.35. The monoisotopic (exact) mass is 404 g/mol. The fraction of sp³-hybridized carbons (Fsp3) is 0.500. The van der Waals surface area contributed by atoms with Crippen molar-refractivity contribution in [2.24, 2.45) is 5.92 Å². The van der Waals surface area contributed by atoms with Crippen LogP contribution in [0.5, 0.6) is 5.75 Å². The Bertz CT molecular complexity index is 578. The number of hydrogen-bond acceptors (Lipinski definition) is 3. The van der Waals surface area contributed by atoms with Gasteiger partial charge in [0.1, 0.15) is 11.8 Å². The quantitative estimate of drug-likeness (QED) is 0.791. The predicted molar refractivity (Wildman–Crippen MR) is 94.7 cm³/mol. The SMILES string of the molecule is CC(C)[C@@H](NC(=O)[C@H](C)Oc1ccc(Cl)cc1Br)C(=O)N(C)C. The minimum atomic E-state index is -0.747. The van der Waals surface area contributed by atoms with Crippen LogP contribution in [0, 0.1) is 5.92 Å². The number of halogens is 2. The summed E-state index contributed by atoms with van der Waals surface area (Å²) in [5.74, 6) is -0.00521. The van der Waals surface area contributed by atoms with Gasteiger partial charge in [-0.25, -0.2) is 0 Å². The first kappa shape index (κ1) is 19.8. The summed E-state index contributed by atoms with van der Waals surface area (Å²) in [6.07, 6.45) is -0.747. The van der Waals surface area contributed by atoms with E-state index >= 15 is 0 Å². The van der Waals surface area contributed by atoms with Gasteiger partial charge in [-0.1, -0.05) is 25.4 Å². The number of hydrogen-bond donors (Lipinski definition) is 1. The van der Waals surface area contributed by atoms with Gasteiger partial charge in [0.05, 0.1) is 4.47 Å². The average molecular weight is 406 g/mol. The van der Waals surface area contributed by atoms with Crippen LogP contribution in [0.2, 0.25) is 5.02 Å². The third-order valence-corrected chi connectivity index (χ3v) is 4.09. The number of carbonyl (C=O) groups is 2. The first-order valence-corrected chi connectivity index (χ1v) is 8.43. The Morgan fingerprint density at radius 1 is 1.26 bits per heavy atom. The molecule has 1 N–H and O–H groups in total. The molecule has 0 unspecified atom stereocenters. The van der Waals surface area contributed by atoms with E-state index in [2.05, 4.69) is 21.2 Å². The molecule has 1 aromatic carbocycles. The van der Waals surface area contributed by atoms with Crippen LogP contribution in [-0.4, -0.2) is 43.0 Å². The Labute approximate surface area is 150 Å². The molecule has 0 aliphatic heterocycles. The minimum absolute atomic E-state index is 0.0247. The largest absolute Gasteiger partial charge is 0.480 e. The average Bonchev–Trinajstić information content (AvgIpc) is 2.46. The first-order chi connectivity index (χ1) is 10.6. The highest BCUT2D eigenvalue weighted by Gasteiger charge is 2.28. The summed E-state index contributed by atoms with van der Waals surface area (Å²) in [5.41, 5.74) is 0. The highest BCUT2D eigenvalue weighted by molar-refractivity contribution is 9.10. The number of carbonyl (C=O) groups excluding carboxylic acids is 2. The van der Waals surface area contributed by atoms with E-state index in [1.54, 1.807) is 39.2 Å². The highest BCUT2D eigenvalue weighted by Crippen LogP contribution is 2.28. The van der Waals surface area contributed by atoms with Gasteiger partial charge in [0.2, 0.25) is 5.91 Å². The molecule has 7 heteroatoms. The van der Waals surface area contributed by atoms with Crippen molar-refractivity contribution in [2.75, 3.05) is 14.1 Å². The van der Waals surface area contributed by atoms with E-state index < -0.39 is 12.1 Å². The van der Waals surface area contributed by atoms with Crippen LogP contribution in [0.1, 0.15) is 20.8 Å². The van der Waals surface area contributed by atoms with Crippen molar-refractivity contribution in [2.45, 2.75) is 32.9 Å². The minimum Gasteiger partial charge on any atom is -0.480 e. The van der Waals surface area contributed by atoms with E-state index in [1.165, 1.54) is 4.90 Å². The van der Waals surface area contributed by atoms with Crippen LogP contribution in [0.25, 0.3) is 0 Å². The number of nitrogens with one attached hydrogen (secondary N) is 1. The Morgan fingerprint density at radius 3 is 2.35 bits per heavy atom. The maximum Gasteiger partial charge on any atom is 0.261 e. The molecule has 0 saturated carbocycles. The molecule has 0 aliphatic rings. The summed E-state index contributed by atoms with van der Waals surface area (Å²) >= 11 is 9.22. The lowest BCUT2D eigenvalue weighted by Gasteiger charge is -2.26. The Balaban J connectivity index is 2.77. The molecule has 128 valence electrons. The van der Waals surface area contributed by atoms with Crippen molar-refractivity contribution in [1.82, 2.24) is 10.2 Å². The van der Waals surface area contributed by atoms with Crippen LogP contribution in [0.3, 0.4) is 0 Å². The van der Waals surface area contributed by atoms with Gasteiger partial charge >= 0.3 is 0 Å². The number of likely N-dealkylation sites (N-methyl/N-ethyl adjacent to an activating group) is 1. The second-order valence-corrected chi connectivity index (χ2v) is 7.09. The smallest absolute Gasteiger partial charge is 0.261 e. The lowest BCUT2D eigenvalue weighted by molar-refractivity contribution is -0.137. The van der Waals surface area contributed by atoms with Crippen molar-refractivity contribution in [1.29, 1.82) is 0 Å². The molecule has 0 aliphatic carbocycles. The van der Waals surface area contributed by atoms with E-state index in [9.17, 15) is 9.59 Å². The summed E-state index contributed by atoms with van der Waals surface area (Å²) in [5, 5.41) is 3.32. The standard InChI is InChI=1S/C16H22BrClN2O3/c1-9(2)14(16(22)20(4)5)19-15(21)10(3)23-13-7-6-11(18)8-12(13)17/h6-10,14H,1-5H3,(H,19,21)/t10-,14+/m0/s1. The van der Waals surface area contributed by atoms with Gasteiger partial charge < -0.3 is 15.0 Å². The number of nitrogens with zero attached hydrogens (tertiary/aromatic N) is 1. The molecule has 2 amide bonds. The number of rotatable bonds is 6. The molecule has 2 atom stereocenters. The summed E-state index contributed by atoms with van der Waals surface area (Å²) in [4.78, 5) is 25.9. The lowest BCUT2D eigenvalue weighted by atomic mass is 10.0. The fourth-order valence-corrected chi connectivity index (χ4v) is 2.65. The predicted octanol–water partition coefficient (Wildman–Crippen LogP) is 3.10. The van der Waals surface area contributed by atoms with E-state index in [0.29, 0.717) is 15.2 Å². The van der Waals surface area contributed by atoms with E-state index in [-0.39, 0.29) is 17.7 Å². The third-order valence-electron chi connectivity index (χ3n) is 3.24. The van der Waals surface area contributed by atoms with Crippen LogP contribution in [0.15, 0.2) is 22.7 Å². The topological polar surface area (TPSA) is 58.6 Å². The normalized spacial score (nSPS) is 13.4. The van der Waals surface area contributed by atoms with Crippen LogP contribution in [0.4, 0.5) is 0 Å². The van der Waals surface area contributed by atoms with Gasteiger partial charge in [-0.05, 0) is 47.0 Å². The molecule has 0 aromatic heterocycles. The third kappa shape index (κ3) is 5.70. The van der Waals surface area contributed by atoms with Crippen LogP contribution in [-0.2, 0) is 9.59 Å².